The molecule has 0 aliphatic heterocycles. The van der Waals surface area contributed by atoms with Crippen molar-refractivity contribution in [3.63, 3.8) is 0 Å². The highest BCUT2D eigenvalue weighted by Crippen LogP contribution is 2.19. The van der Waals surface area contributed by atoms with Crippen molar-refractivity contribution in [3.05, 3.63) is 77.5 Å². The quantitative estimate of drug-likeness (QED) is 0.689. The van der Waals surface area contributed by atoms with E-state index >= 15 is 0 Å². The van der Waals surface area contributed by atoms with Crippen LogP contribution in [0.4, 0.5) is 0 Å². The minimum Gasteiger partial charge on any atom is -0.464 e. The Hall–Kier alpha value is -3.21. The molecule has 24 heavy (non-hydrogen) atoms. The van der Waals surface area contributed by atoms with Crippen molar-refractivity contribution in [2.75, 3.05) is 7.11 Å². The Morgan fingerprint density at radius 1 is 0.917 bits per heavy atom. The van der Waals surface area contributed by atoms with Gasteiger partial charge in [-0.1, -0.05) is 36.4 Å². The zero-order chi connectivity index (χ0) is 16.9. The van der Waals surface area contributed by atoms with E-state index in [0.29, 0.717) is 16.5 Å². The van der Waals surface area contributed by atoms with Crippen molar-refractivity contribution in [3.8, 4) is 0 Å². The van der Waals surface area contributed by atoms with E-state index < -0.39 is 11.9 Å². The minimum absolute atomic E-state index is 0.194. The maximum atomic E-state index is 12.4. The molecule has 3 rings (SSSR count). The van der Waals surface area contributed by atoms with Crippen LogP contribution in [0.3, 0.4) is 0 Å². The van der Waals surface area contributed by atoms with E-state index in [-0.39, 0.29) is 12.3 Å². The molecule has 0 N–H and O–H groups in total. The number of ether oxygens (including phenoxy) is 2. The first-order valence-corrected chi connectivity index (χ1v) is 7.38. The highest BCUT2D eigenvalue weighted by atomic mass is 16.5. The number of rotatable bonds is 4. The van der Waals surface area contributed by atoms with E-state index in [1.54, 1.807) is 24.3 Å². The van der Waals surface area contributed by atoms with Gasteiger partial charge in [0, 0.05) is 5.39 Å². The number of hydrogen-bond acceptors (Lipinski definition) is 5. The lowest BCUT2D eigenvalue weighted by atomic mass is 10.1. The summed E-state index contributed by atoms with van der Waals surface area (Å²) in [4.78, 5) is 28.1. The predicted molar refractivity (Wildman–Crippen MR) is 88.6 cm³/mol. The summed E-state index contributed by atoms with van der Waals surface area (Å²) in [5.41, 5.74) is 2.05. The van der Waals surface area contributed by atoms with Gasteiger partial charge in [-0.15, -0.1) is 0 Å². The van der Waals surface area contributed by atoms with Crippen LogP contribution >= 0.6 is 0 Å². The second-order valence-electron chi connectivity index (χ2n) is 5.12. The largest absolute Gasteiger partial charge is 0.464 e. The van der Waals surface area contributed by atoms with Gasteiger partial charge in [-0.25, -0.2) is 14.6 Å². The Balaban J connectivity index is 1.86. The van der Waals surface area contributed by atoms with Crippen LogP contribution in [0.25, 0.3) is 10.9 Å². The molecule has 0 fully saturated rings. The number of benzene rings is 2. The van der Waals surface area contributed by atoms with Crippen LogP contribution in [0.15, 0.2) is 60.7 Å². The molecule has 0 radical (unpaired) electrons. The van der Waals surface area contributed by atoms with Crippen molar-refractivity contribution in [2.45, 2.75) is 6.61 Å². The molecule has 0 aliphatic carbocycles. The molecular weight excluding hydrogens is 306 g/mol. The number of fused-ring (bicyclic) bond motifs is 1. The fraction of sp³-hybridized carbons (Fsp3) is 0.105. The minimum atomic E-state index is -0.519. The number of nitrogens with zero attached hydrogens (tertiary/aromatic N) is 1. The van der Waals surface area contributed by atoms with Crippen molar-refractivity contribution in [1.82, 2.24) is 4.98 Å². The van der Waals surface area contributed by atoms with Crippen LogP contribution in [0.1, 0.15) is 26.4 Å². The van der Waals surface area contributed by atoms with Gasteiger partial charge in [-0.05, 0) is 29.8 Å². The fourth-order valence-corrected chi connectivity index (χ4v) is 2.35. The highest BCUT2D eigenvalue weighted by molar-refractivity contribution is 6.04. The van der Waals surface area contributed by atoms with E-state index in [1.165, 1.54) is 13.2 Å². The summed E-state index contributed by atoms with van der Waals surface area (Å²) in [6.45, 7) is 0.198. The summed E-state index contributed by atoms with van der Waals surface area (Å²) in [6.07, 6.45) is 0. The molecule has 0 amide bonds. The molecule has 0 spiro atoms. The smallest absolute Gasteiger partial charge is 0.356 e. The first-order valence-electron chi connectivity index (χ1n) is 7.38. The first-order chi connectivity index (χ1) is 11.7. The van der Waals surface area contributed by atoms with Gasteiger partial charge in [0.1, 0.15) is 12.3 Å². The van der Waals surface area contributed by atoms with E-state index in [2.05, 4.69) is 9.72 Å². The van der Waals surface area contributed by atoms with E-state index in [9.17, 15) is 9.59 Å². The Bertz CT molecular complexity index is 890. The Morgan fingerprint density at radius 3 is 2.46 bits per heavy atom. The third-order valence-corrected chi connectivity index (χ3v) is 3.56. The predicted octanol–water partition coefficient (Wildman–Crippen LogP) is 3.38. The van der Waals surface area contributed by atoms with Gasteiger partial charge in [0.05, 0.1) is 18.2 Å². The molecule has 3 aromatic rings. The van der Waals surface area contributed by atoms with E-state index in [1.807, 2.05) is 30.3 Å². The molecule has 0 bridgehead atoms. The third-order valence-electron chi connectivity index (χ3n) is 3.56. The number of pyridine rings is 1. The van der Waals surface area contributed by atoms with Crippen LogP contribution in [-0.2, 0) is 16.1 Å². The summed E-state index contributed by atoms with van der Waals surface area (Å²) >= 11 is 0. The van der Waals surface area contributed by atoms with Crippen molar-refractivity contribution >= 4 is 22.8 Å². The summed E-state index contributed by atoms with van der Waals surface area (Å²) < 4.78 is 10.0. The lowest BCUT2D eigenvalue weighted by Gasteiger charge is -2.08. The molecule has 0 saturated heterocycles. The SMILES string of the molecule is COC(=O)c1ccc2c(C(=O)OCc3ccccc3)cccc2n1. The molecular formula is C19H15NO4. The molecule has 0 aliphatic rings. The van der Waals surface area contributed by atoms with Crippen molar-refractivity contribution in [1.29, 1.82) is 0 Å². The van der Waals surface area contributed by atoms with Gasteiger partial charge in [-0.2, -0.15) is 0 Å². The molecule has 2 aromatic carbocycles. The Kier molecular flexibility index (Phi) is 4.52. The number of carbonyl (C=O) groups is 2. The average molecular weight is 321 g/mol. The number of aromatic nitrogens is 1. The van der Waals surface area contributed by atoms with Gasteiger partial charge < -0.3 is 9.47 Å². The summed E-state index contributed by atoms with van der Waals surface area (Å²) in [5.74, 6) is -0.953. The first kappa shape index (κ1) is 15.7. The molecule has 1 aromatic heterocycles. The number of carbonyl (C=O) groups excluding carboxylic acids is 2. The van der Waals surface area contributed by atoms with Gasteiger partial charge in [0.2, 0.25) is 0 Å². The monoisotopic (exact) mass is 321 g/mol. The van der Waals surface area contributed by atoms with Gasteiger partial charge in [-0.3, -0.25) is 0 Å². The van der Waals surface area contributed by atoms with Gasteiger partial charge in [0.15, 0.2) is 0 Å². The van der Waals surface area contributed by atoms with Crippen LogP contribution in [0.2, 0.25) is 0 Å². The van der Waals surface area contributed by atoms with Crippen molar-refractivity contribution in [2.24, 2.45) is 0 Å². The number of methoxy groups -OCH3 is 1. The zero-order valence-corrected chi connectivity index (χ0v) is 13.1. The van der Waals surface area contributed by atoms with E-state index in [4.69, 9.17) is 4.74 Å². The van der Waals surface area contributed by atoms with Crippen LogP contribution in [0.5, 0.6) is 0 Å². The standard InChI is InChI=1S/C19H15NO4/c1-23-19(22)17-11-10-14-15(8-5-9-16(14)20-17)18(21)24-12-13-6-3-2-4-7-13/h2-11H,12H2,1H3. The maximum absolute atomic E-state index is 12.4. The molecule has 5 heteroatoms. The Morgan fingerprint density at radius 2 is 1.71 bits per heavy atom. The molecule has 1 heterocycles. The zero-order valence-electron chi connectivity index (χ0n) is 13.1. The van der Waals surface area contributed by atoms with Crippen molar-refractivity contribution < 1.29 is 19.1 Å². The lowest BCUT2D eigenvalue weighted by molar-refractivity contribution is 0.0474. The van der Waals surface area contributed by atoms with Crippen LogP contribution in [-0.4, -0.2) is 24.0 Å². The lowest BCUT2D eigenvalue weighted by Crippen LogP contribution is -2.08. The van der Waals surface area contributed by atoms with Crippen LogP contribution in [0, 0.1) is 0 Å². The second kappa shape index (κ2) is 6.91. The summed E-state index contributed by atoms with van der Waals surface area (Å²) in [5, 5.41) is 0.628. The normalized spacial score (nSPS) is 10.4. The number of hydrogen-bond donors (Lipinski definition) is 0. The maximum Gasteiger partial charge on any atom is 0.356 e. The van der Waals surface area contributed by atoms with E-state index in [0.717, 1.165) is 5.56 Å². The number of esters is 2. The summed E-state index contributed by atoms with van der Waals surface area (Å²) in [7, 11) is 1.30. The highest BCUT2D eigenvalue weighted by Gasteiger charge is 2.14. The topological polar surface area (TPSA) is 65.5 Å². The fourth-order valence-electron chi connectivity index (χ4n) is 2.35. The average Bonchev–Trinajstić information content (AvgIpc) is 2.65. The summed E-state index contributed by atoms with van der Waals surface area (Å²) in [6, 6.07) is 17.8. The Labute approximate surface area is 138 Å². The van der Waals surface area contributed by atoms with Crippen LogP contribution < -0.4 is 0 Å². The molecule has 120 valence electrons. The molecule has 0 unspecified atom stereocenters. The molecule has 0 atom stereocenters. The molecule has 0 saturated carbocycles. The molecule has 5 nitrogen and oxygen atoms in total. The third kappa shape index (κ3) is 3.25. The van der Waals surface area contributed by atoms with Gasteiger partial charge >= 0.3 is 11.9 Å². The second-order valence-corrected chi connectivity index (χ2v) is 5.12. The van der Waals surface area contributed by atoms with Gasteiger partial charge in [0.25, 0.3) is 0 Å².